The van der Waals surface area contributed by atoms with E-state index in [1.165, 1.54) is 18.2 Å². The molecule has 1 aromatic heterocycles. The maximum atomic E-state index is 12.5. The first kappa shape index (κ1) is 20.5. The lowest BCUT2D eigenvalue weighted by atomic mass is 10.4. The molecule has 1 heterocycles. The van der Waals surface area contributed by atoms with Gasteiger partial charge in [-0.2, -0.15) is 0 Å². The monoisotopic (exact) mass is 393 g/mol. The Morgan fingerprint density at radius 2 is 0.875 bits per heavy atom. The summed E-state index contributed by atoms with van der Waals surface area (Å²) in [5.41, 5.74) is -2.18. The summed E-state index contributed by atoms with van der Waals surface area (Å²) in [5, 5.41) is 1.29. The highest BCUT2D eigenvalue weighted by Crippen LogP contribution is 1.99. The molecule has 0 aliphatic rings. The van der Waals surface area contributed by atoms with Crippen molar-refractivity contribution in [3.05, 3.63) is 64.8 Å². The van der Waals surface area contributed by atoms with E-state index < -0.39 is 17.1 Å². The lowest BCUT2D eigenvalue weighted by Crippen LogP contribution is -2.54. The molecule has 0 saturated heterocycles. The summed E-state index contributed by atoms with van der Waals surface area (Å²) in [5.74, 6) is 0. The lowest BCUT2D eigenvalue weighted by Gasteiger charge is -2.11. The van der Waals surface area contributed by atoms with E-state index in [2.05, 4.69) is 0 Å². The van der Waals surface area contributed by atoms with Crippen LogP contribution in [0.2, 0.25) is 0 Å². The van der Waals surface area contributed by atoms with Crippen molar-refractivity contribution >= 4 is 34.8 Å². The average molecular weight is 395 g/mol. The number of allylic oxidation sites excluding steroid dienone is 6. The molecular weight excluding hydrogens is 377 g/mol. The van der Waals surface area contributed by atoms with E-state index in [4.69, 9.17) is 34.8 Å². The highest BCUT2D eigenvalue weighted by atomic mass is 35.5. The van der Waals surface area contributed by atoms with Crippen molar-refractivity contribution in [1.82, 2.24) is 13.7 Å². The maximum absolute atomic E-state index is 12.5. The Labute approximate surface area is 153 Å². The van der Waals surface area contributed by atoms with Gasteiger partial charge in [0, 0.05) is 15.1 Å². The fraction of sp³-hybridized carbons (Fsp3) is 0.400. The molecule has 132 valence electrons. The molecule has 0 aliphatic heterocycles. The van der Waals surface area contributed by atoms with E-state index in [0.29, 0.717) is 15.1 Å². The molecule has 24 heavy (non-hydrogen) atoms. The van der Waals surface area contributed by atoms with Crippen LogP contribution in [0.1, 0.15) is 20.8 Å². The van der Waals surface area contributed by atoms with E-state index in [1.54, 1.807) is 20.8 Å². The van der Waals surface area contributed by atoms with Gasteiger partial charge in [-0.25, -0.2) is 28.1 Å². The first-order valence-electron chi connectivity index (χ1n) is 7.06. The Hall–Kier alpha value is -1.50. The first-order valence-corrected chi connectivity index (χ1v) is 8.19. The minimum Gasteiger partial charge on any atom is -0.247 e. The van der Waals surface area contributed by atoms with Crippen LogP contribution in [0.15, 0.2) is 47.7 Å². The summed E-state index contributed by atoms with van der Waals surface area (Å²) in [6.07, 6.45) is 4.53. The first-order chi connectivity index (χ1) is 11.1. The Morgan fingerprint density at radius 1 is 0.667 bits per heavy atom. The zero-order chi connectivity index (χ0) is 18.4. The van der Waals surface area contributed by atoms with E-state index in [0.717, 1.165) is 13.7 Å². The zero-order valence-corrected chi connectivity index (χ0v) is 15.8. The number of nitrogens with zero attached hydrogens (tertiary/aromatic N) is 3. The van der Waals surface area contributed by atoms with E-state index in [-0.39, 0.29) is 19.6 Å². The quantitative estimate of drug-likeness (QED) is 0.745. The molecule has 0 amide bonds. The second-order valence-corrected chi connectivity index (χ2v) is 6.84. The molecule has 0 saturated carbocycles. The molecule has 0 N–H and O–H groups in total. The predicted octanol–water partition coefficient (Wildman–Crippen LogP) is 2.60. The Kier molecular flexibility index (Phi) is 7.79. The number of aromatic nitrogens is 3. The van der Waals surface area contributed by atoms with Crippen LogP contribution in [0.3, 0.4) is 0 Å². The topological polar surface area (TPSA) is 66.0 Å². The minimum absolute atomic E-state index is 0.0412. The molecule has 0 aromatic carbocycles. The summed E-state index contributed by atoms with van der Waals surface area (Å²) in [6.45, 7) is 4.75. The van der Waals surface area contributed by atoms with Crippen molar-refractivity contribution in [3.63, 3.8) is 0 Å². The van der Waals surface area contributed by atoms with E-state index >= 15 is 0 Å². The van der Waals surface area contributed by atoms with Gasteiger partial charge in [0.1, 0.15) is 0 Å². The van der Waals surface area contributed by atoms with Crippen LogP contribution < -0.4 is 17.1 Å². The highest BCUT2D eigenvalue weighted by Gasteiger charge is 2.13. The molecular formula is C15H18Cl3N3O3. The van der Waals surface area contributed by atoms with E-state index in [1.807, 2.05) is 0 Å². The van der Waals surface area contributed by atoms with Crippen molar-refractivity contribution in [1.29, 1.82) is 0 Å². The average Bonchev–Trinajstić information content (AvgIpc) is 2.45. The molecule has 0 radical (unpaired) electrons. The van der Waals surface area contributed by atoms with Crippen LogP contribution in [0.25, 0.3) is 0 Å². The molecule has 0 fully saturated rings. The van der Waals surface area contributed by atoms with E-state index in [9.17, 15) is 14.4 Å². The molecule has 1 rings (SSSR count). The lowest BCUT2D eigenvalue weighted by molar-refractivity contribution is 0.500. The molecule has 9 heteroatoms. The highest BCUT2D eigenvalue weighted by molar-refractivity contribution is 6.29. The van der Waals surface area contributed by atoms with Crippen LogP contribution in [-0.2, 0) is 19.6 Å². The van der Waals surface area contributed by atoms with Gasteiger partial charge < -0.3 is 0 Å². The normalized spacial score (nSPS) is 13.5. The summed E-state index contributed by atoms with van der Waals surface area (Å²) < 4.78 is 2.80. The standard InChI is InChI=1S/C15H18Cl3N3O3/c1-10(16)4-7-19-13(22)20(8-5-11(2)17)15(24)21(14(19)23)9-6-12(3)18/h4-6H,7-9H2,1-3H3/b10-4-,11-5+,12-6+. The third-order valence-electron chi connectivity index (χ3n) is 3.05. The molecule has 1 aromatic rings. The third kappa shape index (κ3) is 5.54. The molecule has 0 aliphatic carbocycles. The summed E-state index contributed by atoms with van der Waals surface area (Å²) in [4.78, 5) is 37.4. The summed E-state index contributed by atoms with van der Waals surface area (Å²) in [6, 6.07) is 0. The Bertz CT molecular complexity index is 716. The second-order valence-electron chi connectivity index (χ2n) is 5.05. The SMILES string of the molecule is C/C(Cl)=C/Cn1c(=O)n(C/C=C(\C)Cl)c(=O)n(C/C=C(\C)Cl)c1=O. The van der Waals surface area contributed by atoms with Crippen LogP contribution in [0, 0.1) is 0 Å². The van der Waals surface area contributed by atoms with Crippen molar-refractivity contribution in [2.75, 3.05) is 0 Å². The molecule has 0 atom stereocenters. The van der Waals surface area contributed by atoms with Gasteiger partial charge in [0.25, 0.3) is 0 Å². The van der Waals surface area contributed by atoms with Gasteiger partial charge >= 0.3 is 17.1 Å². The number of hydrogen-bond donors (Lipinski definition) is 0. The number of halogens is 3. The van der Waals surface area contributed by atoms with Crippen molar-refractivity contribution < 1.29 is 0 Å². The summed E-state index contributed by atoms with van der Waals surface area (Å²) >= 11 is 17.3. The Morgan fingerprint density at radius 3 is 1.04 bits per heavy atom. The van der Waals surface area contributed by atoms with Crippen molar-refractivity contribution in [2.45, 2.75) is 40.4 Å². The second kappa shape index (κ2) is 9.11. The zero-order valence-electron chi connectivity index (χ0n) is 13.6. The molecule has 0 bridgehead atoms. The third-order valence-corrected chi connectivity index (χ3v) is 3.51. The van der Waals surface area contributed by atoms with Gasteiger partial charge in [-0.1, -0.05) is 53.0 Å². The fourth-order valence-corrected chi connectivity index (χ4v) is 2.01. The predicted molar refractivity (Wildman–Crippen MR) is 98.1 cm³/mol. The van der Waals surface area contributed by atoms with Crippen molar-refractivity contribution in [2.24, 2.45) is 0 Å². The number of hydrogen-bond acceptors (Lipinski definition) is 3. The van der Waals surface area contributed by atoms with Gasteiger partial charge in [0.15, 0.2) is 0 Å². The molecule has 0 unspecified atom stereocenters. The maximum Gasteiger partial charge on any atom is 0.336 e. The fourth-order valence-electron chi connectivity index (χ4n) is 1.80. The van der Waals surface area contributed by atoms with Crippen LogP contribution >= 0.6 is 34.8 Å². The van der Waals surface area contributed by atoms with Crippen molar-refractivity contribution in [3.8, 4) is 0 Å². The van der Waals surface area contributed by atoms with Gasteiger partial charge in [0.2, 0.25) is 0 Å². The van der Waals surface area contributed by atoms with Gasteiger partial charge in [-0.05, 0) is 20.8 Å². The van der Waals surface area contributed by atoms with Crippen LogP contribution in [0.4, 0.5) is 0 Å². The number of rotatable bonds is 6. The smallest absolute Gasteiger partial charge is 0.247 e. The summed E-state index contributed by atoms with van der Waals surface area (Å²) in [7, 11) is 0. The Balaban J connectivity index is 3.64. The van der Waals surface area contributed by atoms with Gasteiger partial charge in [0.05, 0.1) is 19.6 Å². The minimum atomic E-state index is -0.726. The van der Waals surface area contributed by atoms with Crippen LogP contribution in [-0.4, -0.2) is 13.7 Å². The van der Waals surface area contributed by atoms with Gasteiger partial charge in [-0.3, -0.25) is 0 Å². The molecule has 6 nitrogen and oxygen atoms in total. The largest absolute Gasteiger partial charge is 0.336 e. The molecule has 0 spiro atoms. The van der Waals surface area contributed by atoms with Crippen LogP contribution in [0.5, 0.6) is 0 Å². The van der Waals surface area contributed by atoms with Gasteiger partial charge in [-0.15, -0.1) is 0 Å².